The lowest BCUT2D eigenvalue weighted by atomic mass is 10.3. The van der Waals surface area contributed by atoms with Crippen LogP contribution < -0.4 is 0 Å². The largest absolute Gasteiger partial charge is 0.432 e. The maximum Gasteiger partial charge on any atom is 0.432 e. The summed E-state index contributed by atoms with van der Waals surface area (Å²) in [6, 6.07) is 0. The molecule has 0 aromatic rings. The van der Waals surface area contributed by atoms with Crippen molar-refractivity contribution >= 4 is 5.71 Å². The molecule has 0 N–H and O–H groups in total. The fourth-order valence-electron chi connectivity index (χ4n) is 0.555. The zero-order valence-electron chi connectivity index (χ0n) is 6.94. The molecule has 0 saturated carbocycles. The second-order valence-corrected chi connectivity index (χ2v) is 2.20. The standard InChI is InChI=1S/C8H10F3N/c1-4-5-6(2)12-7(3)8(9,10)11/h4-5H,3H2,1-2H3/b5-4-,12-6?. The Bertz CT molecular complexity index is 223. The Morgan fingerprint density at radius 2 is 1.92 bits per heavy atom. The van der Waals surface area contributed by atoms with Crippen LogP contribution in [0.2, 0.25) is 0 Å². The maximum absolute atomic E-state index is 11.8. The first-order chi connectivity index (χ1) is 5.38. The van der Waals surface area contributed by atoms with Crippen LogP contribution in [0.1, 0.15) is 13.8 Å². The highest BCUT2D eigenvalue weighted by molar-refractivity contribution is 5.93. The summed E-state index contributed by atoms with van der Waals surface area (Å²) in [6.07, 6.45) is -1.33. The summed E-state index contributed by atoms with van der Waals surface area (Å²) in [5, 5.41) is 0. The summed E-state index contributed by atoms with van der Waals surface area (Å²) in [5.74, 6) is 0. The van der Waals surface area contributed by atoms with Crippen LogP contribution in [0, 0.1) is 0 Å². The lowest BCUT2D eigenvalue weighted by molar-refractivity contribution is -0.0919. The summed E-state index contributed by atoms with van der Waals surface area (Å²) >= 11 is 0. The molecule has 12 heavy (non-hydrogen) atoms. The van der Waals surface area contributed by atoms with Crippen molar-refractivity contribution in [3.05, 3.63) is 24.4 Å². The van der Waals surface area contributed by atoms with Gasteiger partial charge in [-0.1, -0.05) is 12.7 Å². The summed E-state index contributed by atoms with van der Waals surface area (Å²) in [5.41, 5.74) is -0.780. The van der Waals surface area contributed by atoms with Crippen LogP contribution >= 0.6 is 0 Å². The van der Waals surface area contributed by atoms with Gasteiger partial charge in [0.05, 0.1) is 0 Å². The number of alkyl halides is 3. The molecule has 68 valence electrons. The minimum Gasteiger partial charge on any atom is -0.249 e. The topological polar surface area (TPSA) is 12.4 Å². The van der Waals surface area contributed by atoms with Crippen molar-refractivity contribution in [2.45, 2.75) is 20.0 Å². The first-order valence-electron chi connectivity index (χ1n) is 3.32. The van der Waals surface area contributed by atoms with E-state index in [2.05, 4.69) is 11.6 Å². The van der Waals surface area contributed by atoms with Crippen molar-refractivity contribution in [1.82, 2.24) is 0 Å². The quantitative estimate of drug-likeness (QED) is 0.574. The molecular formula is C8H10F3N. The molecule has 0 spiro atoms. The molecule has 0 atom stereocenters. The average Bonchev–Trinajstić information content (AvgIpc) is 1.85. The Kier molecular flexibility index (Phi) is 3.73. The summed E-state index contributed by atoms with van der Waals surface area (Å²) in [6.45, 7) is 5.99. The van der Waals surface area contributed by atoms with Crippen molar-refractivity contribution in [2.24, 2.45) is 4.99 Å². The SMILES string of the molecule is C=C(N=C(C)/C=C\C)C(F)(F)F. The second kappa shape index (κ2) is 4.09. The first kappa shape index (κ1) is 10.9. The molecule has 0 aromatic carbocycles. The van der Waals surface area contributed by atoms with E-state index in [0.29, 0.717) is 5.71 Å². The molecule has 0 aliphatic carbocycles. The monoisotopic (exact) mass is 177 g/mol. The summed E-state index contributed by atoms with van der Waals surface area (Å²) in [4.78, 5) is 3.25. The van der Waals surface area contributed by atoms with Gasteiger partial charge < -0.3 is 0 Å². The van der Waals surface area contributed by atoms with E-state index in [9.17, 15) is 13.2 Å². The van der Waals surface area contributed by atoms with Gasteiger partial charge in [-0.05, 0) is 19.9 Å². The maximum atomic E-state index is 11.8. The molecule has 0 amide bonds. The fourth-order valence-corrected chi connectivity index (χ4v) is 0.555. The molecule has 4 heteroatoms. The minimum absolute atomic E-state index is 0.292. The van der Waals surface area contributed by atoms with E-state index in [0.717, 1.165) is 0 Å². The Labute approximate surface area is 69.3 Å². The van der Waals surface area contributed by atoms with Gasteiger partial charge in [-0.15, -0.1) is 0 Å². The number of allylic oxidation sites excluding steroid dienone is 3. The highest BCUT2D eigenvalue weighted by Crippen LogP contribution is 2.24. The predicted octanol–water partition coefficient (Wildman–Crippen LogP) is 3.10. The van der Waals surface area contributed by atoms with Crippen molar-refractivity contribution in [2.75, 3.05) is 0 Å². The number of rotatable bonds is 2. The van der Waals surface area contributed by atoms with E-state index in [4.69, 9.17) is 0 Å². The van der Waals surface area contributed by atoms with E-state index in [1.807, 2.05) is 0 Å². The van der Waals surface area contributed by atoms with Crippen LogP contribution in [0.5, 0.6) is 0 Å². The number of halogens is 3. The molecule has 0 heterocycles. The van der Waals surface area contributed by atoms with Crippen LogP contribution in [0.3, 0.4) is 0 Å². The van der Waals surface area contributed by atoms with Gasteiger partial charge >= 0.3 is 6.18 Å². The molecule has 0 aliphatic heterocycles. The van der Waals surface area contributed by atoms with Crippen molar-refractivity contribution < 1.29 is 13.2 Å². The minimum atomic E-state index is -4.43. The average molecular weight is 177 g/mol. The Morgan fingerprint density at radius 1 is 1.42 bits per heavy atom. The number of aliphatic imine (C=N–C) groups is 1. The number of nitrogens with zero attached hydrogens (tertiary/aromatic N) is 1. The van der Waals surface area contributed by atoms with Crippen molar-refractivity contribution in [3.8, 4) is 0 Å². The van der Waals surface area contributed by atoms with Crippen molar-refractivity contribution in [3.63, 3.8) is 0 Å². The smallest absolute Gasteiger partial charge is 0.249 e. The molecule has 0 rings (SSSR count). The van der Waals surface area contributed by atoms with Gasteiger partial charge in [0.25, 0.3) is 0 Å². The van der Waals surface area contributed by atoms with Gasteiger partial charge in [-0.25, -0.2) is 4.99 Å². The van der Waals surface area contributed by atoms with Crippen molar-refractivity contribution in [1.29, 1.82) is 0 Å². The zero-order chi connectivity index (χ0) is 9.78. The molecule has 0 fully saturated rings. The molecule has 0 aromatic heterocycles. The highest BCUT2D eigenvalue weighted by atomic mass is 19.4. The van der Waals surface area contributed by atoms with Gasteiger partial charge in [0.1, 0.15) is 5.70 Å². The Morgan fingerprint density at radius 3 is 2.25 bits per heavy atom. The third-order valence-corrected chi connectivity index (χ3v) is 1.05. The lowest BCUT2D eigenvalue weighted by Gasteiger charge is -2.04. The third-order valence-electron chi connectivity index (χ3n) is 1.05. The van der Waals surface area contributed by atoms with Crippen LogP contribution in [-0.2, 0) is 0 Å². The van der Waals surface area contributed by atoms with Crippen LogP contribution in [0.25, 0.3) is 0 Å². The molecule has 1 nitrogen and oxygen atoms in total. The molecule has 0 aliphatic rings. The van der Waals surface area contributed by atoms with E-state index in [1.165, 1.54) is 13.0 Å². The van der Waals surface area contributed by atoms with Crippen LogP contribution in [0.4, 0.5) is 13.2 Å². The van der Waals surface area contributed by atoms with Gasteiger partial charge in [-0.3, -0.25) is 0 Å². The Hall–Kier alpha value is -1.06. The van der Waals surface area contributed by atoms with Gasteiger partial charge in [0.15, 0.2) is 0 Å². The number of hydrogen-bond acceptors (Lipinski definition) is 1. The number of hydrogen-bond donors (Lipinski definition) is 0. The predicted molar refractivity (Wildman–Crippen MR) is 43.1 cm³/mol. The molecular weight excluding hydrogens is 167 g/mol. The molecule has 0 radical (unpaired) electrons. The van der Waals surface area contributed by atoms with E-state index < -0.39 is 11.9 Å². The lowest BCUT2D eigenvalue weighted by Crippen LogP contribution is -2.09. The fraction of sp³-hybridized carbons (Fsp3) is 0.375. The molecule has 0 bridgehead atoms. The second-order valence-electron chi connectivity index (χ2n) is 2.20. The van der Waals surface area contributed by atoms with E-state index in [1.54, 1.807) is 13.0 Å². The van der Waals surface area contributed by atoms with Gasteiger partial charge in [0.2, 0.25) is 0 Å². The summed E-state index contributed by atoms with van der Waals surface area (Å²) in [7, 11) is 0. The third kappa shape index (κ3) is 3.95. The highest BCUT2D eigenvalue weighted by Gasteiger charge is 2.31. The van der Waals surface area contributed by atoms with Crippen LogP contribution in [-0.4, -0.2) is 11.9 Å². The normalized spacial score (nSPS) is 13.9. The van der Waals surface area contributed by atoms with Crippen LogP contribution in [0.15, 0.2) is 29.4 Å². The first-order valence-corrected chi connectivity index (χ1v) is 3.32. The Balaban J connectivity index is 4.45. The van der Waals surface area contributed by atoms with E-state index in [-0.39, 0.29) is 0 Å². The molecule has 0 saturated heterocycles. The van der Waals surface area contributed by atoms with Gasteiger partial charge in [-0.2, -0.15) is 13.2 Å². The summed E-state index contributed by atoms with van der Waals surface area (Å²) < 4.78 is 35.5. The zero-order valence-corrected chi connectivity index (χ0v) is 6.94. The van der Waals surface area contributed by atoms with Gasteiger partial charge in [0, 0.05) is 5.71 Å². The van der Waals surface area contributed by atoms with E-state index >= 15 is 0 Å². The molecule has 0 unspecified atom stereocenters.